The van der Waals surface area contributed by atoms with Crippen LogP contribution in [0.5, 0.6) is 0 Å². The quantitative estimate of drug-likeness (QED) is 0.0261. The van der Waals surface area contributed by atoms with Gasteiger partial charge in [0, 0.05) is 19.3 Å². The van der Waals surface area contributed by atoms with E-state index in [9.17, 15) is 14.4 Å². The van der Waals surface area contributed by atoms with Crippen LogP contribution in [0.2, 0.25) is 0 Å². The molecule has 0 aliphatic heterocycles. The van der Waals surface area contributed by atoms with Crippen molar-refractivity contribution in [2.24, 2.45) is 0 Å². The van der Waals surface area contributed by atoms with Crippen LogP contribution >= 0.6 is 0 Å². The standard InChI is InChI=1S/C64H110O6/c1-4-7-10-13-16-18-20-22-24-26-28-29-30-31-32-33-34-35-37-38-40-42-44-46-48-51-54-57-63(66)69-60-61(59-68-62(65)56-53-50-15-12-9-6-3)70-64(67)58-55-52-49-47-45-43-41-39-36-27-25-23-21-19-17-14-11-8-5-2/h7,10,16-19,22-25,28-29,31-32,61H,4-6,8-9,11-15,20-21,26-27,30,33-60H2,1-3H3/b10-7-,18-16-,19-17-,24-22-,25-23-,29-28-,32-31-. The molecule has 0 aromatic heterocycles. The summed E-state index contributed by atoms with van der Waals surface area (Å²) >= 11 is 0. The third-order valence-electron chi connectivity index (χ3n) is 12.6. The maximum Gasteiger partial charge on any atom is 0.306 e. The maximum atomic E-state index is 12.8. The predicted molar refractivity (Wildman–Crippen MR) is 302 cm³/mol. The lowest BCUT2D eigenvalue weighted by molar-refractivity contribution is -0.167. The van der Waals surface area contributed by atoms with Crippen molar-refractivity contribution in [1.29, 1.82) is 0 Å². The highest BCUT2D eigenvalue weighted by molar-refractivity contribution is 5.71. The molecule has 0 aliphatic carbocycles. The number of hydrogen-bond acceptors (Lipinski definition) is 6. The Balaban J connectivity index is 4.12. The Hall–Kier alpha value is -3.41. The number of hydrogen-bond donors (Lipinski definition) is 0. The first kappa shape index (κ1) is 66.6. The van der Waals surface area contributed by atoms with Gasteiger partial charge >= 0.3 is 17.9 Å². The van der Waals surface area contributed by atoms with E-state index in [0.717, 1.165) is 96.3 Å². The second-order valence-electron chi connectivity index (χ2n) is 19.5. The maximum absolute atomic E-state index is 12.8. The Morgan fingerprint density at radius 2 is 0.557 bits per heavy atom. The van der Waals surface area contributed by atoms with Gasteiger partial charge in [-0.25, -0.2) is 0 Å². The molecule has 6 heteroatoms. The van der Waals surface area contributed by atoms with E-state index in [1.807, 2.05) is 0 Å². The fraction of sp³-hybridized carbons (Fsp3) is 0.734. The Bertz CT molecular complexity index is 1350. The van der Waals surface area contributed by atoms with Crippen molar-refractivity contribution in [2.45, 2.75) is 290 Å². The summed E-state index contributed by atoms with van der Waals surface area (Å²) in [5.74, 6) is -0.888. The minimum absolute atomic E-state index is 0.0778. The smallest absolute Gasteiger partial charge is 0.306 e. The highest BCUT2D eigenvalue weighted by Gasteiger charge is 2.19. The van der Waals surface area contributed by atoms with Crippen LogP contribution in [0, 0.1) is 0 Å². The summed E-state index contributed by atoms with van der Waals surface area (Å²) in [7, 11) is 0. The Morgan fingerprint density at radius 3 is 0.900 bits per heavy atom. The molecule has 70 heavy (non-hydrogen) atoms. The summed E-state index contributed by atoms with van der Waals surface area (Å²) < 4.78 is 16.8. The van der Waals surface area contributed by atoms with Crippen LogP contribution in [-0.2, 0) is 28.6 Å². The number of ether oxygens (including phenoxy) is 3. The van der Waals surface area contributed by atoms with Gasteiger partial charge < -0.3 is 14.2 Å². The van der Waals surface area contributed by atoms with Gasteiger partial charge in [-0.05, 0) is 96.3 Å². The summed E-state index contributed by atoms with van der Waals surface area (Å²) in [6.07, 6.45) is 76.1. The van der Waals surface area contributed by atoms with E-state index in [-0.39, 0.29) is 31.1 Å². The lowest BCUT2D eigenvalue weighted by Crippen LogP contribution is -2.30. The molecule has 0 heterocycles. The second kappa shape index (κ2) is 58.2. The second-order valence-corrected chi connectivity index (χ2v) is 19.5. The average molecular weight is 976 g/mol. The minimum Gasteiger partial charge on any atom is -0.462 e. The van der Waals surface area contributed by atoms with Gasteiger partial charge in [-0.15, -0.1) is 0 Å². The van der Waals surface area contributed by atoms with Gasteiger partial charge in [-0.3, -0.25) is 14.4 Å². The number of esters is 3. The van der Waals surface area contributed by atoms with E-state index in [4.69, 9.17) is 14.2 Å². The third-order valence-corrected chi connectivity index (χ3v) is 12.6. The number of carbonyl (C=O) groups excluding carboxylic acids is 3. The van der Waals surface area contributed by atoms with Crippen molar-refractivity contribution < 1.29 is 28.6 Å². The number of carbonyl (C=O) groups is 3. The molecule has 0 aromatic carbocycles. The van der Waals surface area contributed by atoms with Crippen molar-refractivity contribution in [3.05, 3.63) is 85.1 Å². The molecule has 0 fully saturated rings. The zero-order valence-corrected chi connectivity index (χ0v) is 46.0. The van der Waals surface area contributed by atoms with E-state index < -0.39 is 6.10 Å². The zero-order chi connectivity index (χ0) is 50.7. The minimum atomic E-state index is -0.776. The van der Waals surface area contributed by atoms with E-state index in [2.05, 4.69) is 106 Å². The number of allylic oxidation sites excluding steroid dienone is 14. The van der Waals surface area contributed by atoms with Crippen molar-refractivity contribution in [3.8, 4) is 0 Å². The van der Waals surface area contributed by atoms with Crippen molar-refractivity contribution >= 4 is 17.9 Å². The van der Waals surface area contributed by atoms with E-state index in [1.165, 1.54) is 148 Å². The van der Waals surface area contributed by atoms with Crippen LogP contribution in [0.4, 0.5) is 0 Å². The van der Waals surface area contributed by atoms with Gasteiger partial charge in [0.1, 0.15) is 13.2 Å². The van der Waals surface area contributed by atoms with Crippen molar-refractivity contribution in [2.75, 3.05) is 13.2 Å². The molecule has 1 atom stereocenters. The zero-order valence-electron chi connectivity index (χ0n) is 46.0. The van der Waals surface area contributed by atoms with Gasteiger partial charge in [0.05, 0.1) is 0 Å². The largest absolute Gasteiger partial charge is 0.462 e. The fourth-order valence-electron chi connectivity index (χ4n) is 8.21. The van der Waals surface area contributed by atoms with E-state index >= 15 is 0 Å². The van der Waals surface area contributed by atoms with Gasteiger partial charge in [-0.2, -0.15) is 0 Å². The Kier molecular flexibility index (Phi) is 55.3. The van der Waals surface area contributed by atoms with Crippen LogP contribution in [0.1, 0.15) is 284 Å². The van der Waals surface area contributed by atoms with Gasteiger partial charge in [0.25, 0.3) is 0 Å². The molecule has 0 rings (SSSR count). The van der Waals surface area contributed by atoms with E-state index in [0.29, 0.717) is 19.3 Å². The molecule has 0 saturated heterocycles. The first-order valence-electron chi connectivity index (χ1n) is 29.6. The summed E-state index contributed by atoms with van der Waals surface area (Å²) in [6, 6.07) is 0. The van der Waals surface area contributed by atoms with Crippen LogP contribution in [0.25, 0.3) is 0 Å². The average Bonchev–Trinajstić information content (AvgIpc) is 3.36. The molecule has 0 amide bonds. The van der Waals surface area contributed by atoms with Crippen molar-refractivity contribution in [1.82, 2.24) is 0 Å². The van der Waals surface area contributed by atoms with Crippen LogP contribution in [-0.4, -0.2) is 37.2 Å². The predicted octanol–water partition coefficient (Wildman–Crippen LogP) is 19.9. The summed E-state index contributed by atoms with van der Waals surface area (Å²) in [6.45, 7) is 6.45. The Labute approximate surface area is 433 Å². The SMILES string of the molecule is CC/C=C\C/C=C\C/C=C\C/C=C\C/C=C\CCCCCCCCCCCCCC(=O)OCC(COC(=O)CCCCCCCC)OC(=O)CCCCCCCCCCC/C=C\C/C=C\CCCCC. The summed E-state index contributed by atoms with van der Waals surface area (Å²) in [5, 5.41) is 0. The summed E-state index contributed by atoms with van der Waals surface area (Å²) in [4.78, 5) is 37.9. The van der Waals surface area contributed by atoms with E-state index in [1.54, 1.807) is 0 Å². The van der Waals surface area contributed by atoms with Crippen LogP contribution in [0.15, 0.2) is 85.1 Å². The Morgan fingerprint density at radius 1 is 0.300 bits per heavy atom. The molecule has 0 N–H and O–H groups in total. The monoisotopic (exact) mass is 975 g/mol. The number of rotatable bonds is 53. The highest BCUT2D eigenvalue weighted by atomic mass is 16.6. The highest BCUT2D eigenvalue weighted by Crippen LogP contribution is 2.16. The molecule has 0 bridgehead atoms. The van der Waals surface area contributed by atoms with Gasteiger partial charge in [0.15, 0.2) is 6.10 Å². The normalized spacial score (nSPS) is 12.7. The lowest BCUT2D eigenvalue weighted by Gasteiger charge is -2.18. The molecule has 0 aromatic rings. The topological polar surface area (TPSA) is 78.9 Å². The third kappa shape index (κ3) is 55.5. The van der Waals surface area contributed by atoms with Gasteiger partial charge in [0.2, 0.25) is 0 Å². The molecule has 6 nitrogen and oxygen atoms in total. The lowest BCUT2D eigenvalue weighted by atomic mass is 10.0. The molecular formula is C64H110O6. The fourth-order valence-corrected chi connectivity index (χ4v) is 8.21. The molecular weight excluding hydrogens is 865 g/mol. The molecule has 0 aliphatic rings. The first-order chi connectivity index (χ1) is 34.5. The first-order valence-corrected chi connectivity index (χ1v) is 29.6. The summed E-state index contributed by atoms with van der Waals surface area (Å²) in [5.41, 5.74) is 0. The number of unbranched alkanes of at least 4 members (excludes halogenated alkanes) is 28. The molecule has 1 unspecified atom stereocenters. The van der Waals surface area contributed by atoms with Gasteiger partial charge in [-0.1, -0.05) is 254 Å². The molecule has 0 spiro atoms. The molecule has 402 valence electrons. The van der Waals surface area contributed by atoms with Crippen molar-refractivity contribution in [3.63, 3.8) is 0 Å². The molecule has 0 radical (unpaired) electrons. The van der Waals surface area contributed by atoms with Crippen LogP contribution in [0.3, 0.4) is 0 Å². The van der Waals surface area contributed by atoms with Crippen LogP contribution < -0.4 is 0 Å². The molecule has 0 saturated carbocycles.